The third-order valence-corrected chi connectivity index (χ3v) is 4.22. The molecule has 1 saturated carbocycles. The van der Waals surface area contributed by atoms with Crippen LogP contribution in [0.5, 0.6) is 0 Å². The Hall–Kier alpha value is -2.51. The summed E-state index contributed by atoms with van der Waals surface area (Å²) in [6.45, 7) is 0.686. The normalized spacial score (nSPS) is 21.2. The molecule has 0 spiro atoms. The van der Waals surface area contributed by atoms with E-state index in [0.717, 1.165) is 12.8 Å². The molecule has 0 radical (unpaired) electrons. The summed E-state index contributed by atoms with van der Waals surface area (Å²) in [6.07, 6.45) is 9.11. The maximum absolute atomic E-state index is 11.3. The van der Waals surface area contributed by atoms with E-state index in [-0.39, 0.29) is 31.1 Å². The first-order chi connectivity index (χ1) is 11.5. The van der Waals surface area contributed by atoms with E-state index in [2.05, 4.69) is 4.84 Å². The summed E-state index contributed by atoms with van der Waals surface area (Å²) in [5.74, 6) is -0.660. The Kier molecular flexibility index (Phi) is 6.22. The van der Waals surface area contributed by atoms with Crippen LogP contribution in [0.2, 0.25) is 0 Å². The van der Waals surface area contributed by atoms with Crippen molar-refractivity contribution in [1.29, 1.82) is 0 Å². The highest BCUT2D eigenvalue weighted by Gasteiger charge is 2.30. The van der Waals surface area contributed by atoms with Gasteiger partial charge in [0.1, 0.15) is 0 Å². The zero-order chi connectivity index (χ0) is 17.5. The second-order valence-electron chi connectivity index (χ2n) is 5.91. The standard InChI is InChI=1S/C11H15NO2.C5H5NO4/c13-10-6-7-11(14)12(10)8-9-4-2-1-3-5-9;7-3-10-6-4(8)1-2-5(6)9/h6-7,9H,1-5,8H2;3H,1-2H2. The van der Waals surface area contributed by atoms with Gasteiger partial charge in [-0.15, -0.1) is 5.06 Å². The minimum Gasteiger partial charge on any atom is -0.334 e. The van der Waals surface area contributed by atoms with Crippen LogP contribution in [-0.2, 0) is 28.8 Å². The number of imide groups is 2. The van der Waals surface area contributed by atoms with Gasteiger partial charge in [0.15, 0.2) is 0 Å². The maximum Gasteiger partial charge on any atom is 0.321 e. The first-order valence-electron chi connectivity index (χ1n) is 8.02. The van der Waals surface area contributed by atoms with Crippen molar-refractivity contribution >= 4 is 30.1 Å². The van der Waals surface area contributed by atoms with Crippen molar-refractivity contribution in [3.63, 3.8) is 0 Å². The third-order valence-electron chi connectivity index (χ3n) is 4.22. The number of carbonyl (C=O) groups is 5. The van der Waals surface area contributed by atoms with Crippen molar-refractivity contribution < 1.29 is 28.8 Å². The molecule has 3 rings (SSSR count). The van der Waals surface area contributed by atoms with Crippen LogP contribution in [-0.4, -0.2) is 46.6 Å². The SMILES string of the molecule is O=C1C=CC(=O)N1CC1CCCCC1.O=CON1C(=O)CCC1=O. The van der Waals surface area contributed by atoms with Gasteiger partial charge < -0.3 is 4.84 Å². The van der Waals surface area contributed by atoms with Crippen molar-refractivity contribution in [2.24, 2.45) is 5.92 Å². The van der Waals surface area contributed by atoms with E-state index in [1.807, 2.05) is 0 Å². The second-order valence-corrected chi connectivity index (χ2v) is 5.91. The van der Waals surface area contributed by atoms with E-state index < -0.39 is 11.8 Å². The van der Waals surface area contributed by atoms with E-state index in [4.69, 9.17) is 0 Å². The predicted octanol–water partition coefficient (Wildman–Crippen LogP) is 0.715. The Morgan fingerprint density at radius 3 is 2.00 bits per heavy atom. The van der Waals surface area contributed by atoms with Crippen LogP contribution in [0.15, 0.2) is 12.2 Å². The third kappa shape index (κ3) is 4.50. The molecule has 2 aliphatic heterocycles. The first-order valence-corrected chi connectivity index (χ1v) is 8.02. The highest BCUT2D eigenvalue weighted by Crippen LogP contribution is 2.25. The Balaban J connectivity index is 0.000000185. The lowest BCUT2D eigenvalue weighted by Crippen LogP contribution is -2.35. The Labute approximate surface area is 139 Å². The molecule has 0 aromatic rings. The fraction of sp³-hybridized carbons (Fsp3) is 0.562. The fourth-order valence-electron chi connectivity index (χ4n) is 2.96. The highest BCUT2D eigenvalue weighted by atomic mass is 16.7. The van der Waals surface area contributed by atoms with E-state index in [9.17, 15) is 24.0 Å². The summed E-state index contributed by atoms with van der Waals surface area (Å²) in [7, 11) is 0. The molecule has 0 unspecified atom stereocenters. The molecular formula is C16H20N2O6. The van der Waals surface area contributed by atoms with E-state index in [1.54, 1.807) is 0 Å². The molecule has 0 N–H and O–H groups in total. The Bertz CT molecular complexity index is 531. The van der Waals surface area contributed by atoms with Crippen LogP contribution in [0.25, 0.3) is 0 Å². The molecule has 2 fully saturated rings. The monoisotopic (exact) mass is 336 g/mol. The van der Waals surface area contributed by atoms with Crippen LogP contribution >= 0.6 is 0 Å². The lowest BCUT2D eigenvalue weighted by Gasteiger charge is -2.25. The summed E-state index contributed by atoms with van der Waals surface area (Å²) in [4.78, 5) is 58.9. The van der Waals surface area contributed by atoms with Crippen LogP contribution in [0, 0.1) is 5.92 Å². The number of amides is 4. The predicted molar refractivity (Wildman–Crippen MR) is 80.7 cm³/mol. The van der Waals surface area contributed by atoms with E-state index in [0.29, 0.717) is 17.5 Å². The van der Waals surface area contributed by atoms with Gasteiger partial charge in [0.25, 0.3) is 23.6 Å². The van der Waals surface area contributed by atoms with Gasteiger partial charge in [0.2, 0.25) is 0 Å². The van der Waals surface area contributed by atoms with Gasteiger partial charge in [0, 0.05) is 31.5 Å². The number of hydrogen-bond acceptors (Lipinski definition) is 6. The minimum absolute atomic E-state index is 0.0567. The molecule has 0 bridgehead atoms. The summed E-state index contributed by atoms with van der Waals surface area (Å²) in [6, 6.07) is 0. The Morgan fingerprint density at radius 1 is 0.958 bits per heavy atom. The van der Waals surface area contributed by atoms with Crippen molar-refractivity contribution in [3.05, 3.63) is 12.2 Å². The minimum atomic E-state index is -0.461. The summed E-state index contributed by atoms with van der Waals surface area (Å²) < 4.78 is 0. The molecular weight excluding hydrogens is 316 g/mol. The van der Waals surface area contributed by atoms with Gasteiger partial charge >= 0.3 is 6.47 Å². The molecule has 8 nitrogen and oxygen atoms in total. The van der Waals surface area contributed by atoms with Gasteiger partial charge in [-0.1, -0.05) is 19.3 Å². The van der Waals surface area contributed by atoms with Crippen molar-refractivity contribution in [3.8, 4) is 0 Å². The van der Waals surface area contributed by atoms with Gasteiger partial charge in [-0.3, -0.25) is 28.9 Å². The van der Waals surface area contributed by atoms with Crippen LogP contribution in [0.1, 0.15) is 44.9 Å². The van der Waals surface area contributed by atoms with Gasteiger partial charge in [0.05, 0.1) is 0 Å². The van der Waals surface area contributed by atoms with Crippen molar-refractivity contribution in [1.82, 2.24) is 9.96 Å². The molecule has 1 aliphatic carbocycles. The topological polar surface area (TPSA) is 101 Å². The number of hydrogen-bond donors (Lipinski definition) is 0. The number of nitrogens with zero attached hydrogens (tertiary/aromatic N) is 2. The van der Waals surface area contributed by atoms with Crippen LogP contribution in [0.4, 0.5) is 0 Å². The van der Waals surface area contributed by atoms with E-state index in [1.165, 1.54) is 36.3 Å². The molecule has 0 atom stereocenters. The first kappa shape index (κ1) is 17.8. The molecule has 24 heavy (non-hydrogen) atoms. The van der Waals surface area contributed by atoms with Crippen molar-refractivity contribution in [2.45, 2.75) is 44.9 Å². The number of rotatable bonds is 4. The molecule has 4 amide bonds. The van der Waals surface area contributed by atoms with Gasteiger partial charge in [-0.2, -0.15) is 0 Å². The molecule has 0 aromatic heterocycles. The lowest BCUT2D eigenvalue weighted by atomic mass is 9.89. The lowest BCUT2D eigenvalue weighted by molar-refractivity contribution is -0.188. The van der Waals surface area contributed by atoms with Crippen LogP contribution in [0.3, 0.4) is 0 Å². The molecule has 0 aromatic carbocycles. The maximum atomic E-state index is 11.3. The van der Waals surface area contributed by atoms with Crippen molar-refractivity contribution in [2.75, 3.05) is 6.54 Å². The molecule has 8 heteroatoms. The van der Waals surface area contributed by atoms with Gasteiger partial charge in [-0.25, -0.2) is 0 Å². The Morgan fingerprint density at radius 2 is 1.50 bits per heavy atom. The molecule has 130 valence electrons. The number of carbonyl (C=O) groups excluding carboxylic acids is 5. The fourth-order valence-corrected chi connectivity index (χ4v) is 2.96. The molecule has 3 aliphatic rings. The van der Waals surface area contributed by atoms with Crippen LogP contribution < -0.4 is 0 Å². The molecule has 1 saturated heterocycles. The zero-order valence-electron chi connectivity index (χ0n) is 13.3. The largest absolute Gasteiger partial charge is 0.334 e. The molecule has 2 heterocycles. The highest BCUT2D eigenvalue weighted by molar-refractivity contribution is 6.12. The second kappa shape index (κ2) is 8.37. The average Bonchev–Trinajstić information content (AvgIpc) is 3.07. The number of hydroxylamine groups is 2. The van der Waals surface area contributed by atoms with Gasteiger partial charge in [-0.05, 0) is 18.8 Å². The van der Waals surface area contributed by atoms with E-state index >= 15 is 0 Å². The summed E-state index contributed by atoms with van der Waals surface area (Å²) >= 11 is 0. The quantitative estimate of drug-likeness (QED) is 0.554. The smallest absolute Gasteiger partial charge is 0.321 e. The average molecular weight is 336 g/mol. The summed E-state index contributed by atoms with van der Waals surface area (Å²) in [5.41, 5.74) is 0. The summed E-state index contributed by atoms with van der Waals surface area (Å²) in [5, 5.41) is 0.479. The zero-order valence-corrected chi connectivity index (χ0v) is 13.3.